The molecule has 1 aliphatic heterocycles. The molecular formula is C20H29N3O3. The van der Waals surface area contributed by atoms with Crippen molar-refractivity contribution in [2.75, 3.05) is 44.7 Å². The monoisotopic (exact) mass is 359 g/mol. The van der Waals surface area contributed by atoms with Crippen LogP contribution in [-0.4, -0.2) is 56.1 Å². The highest BCUT2D eigenvalue weighted by molar-refractivity contribution is 5.99. The minimum atomic E-state index is -0.205. The summed E-state index contributed by atoms with van der Waals surface area (Å²) in [7, 11) is 0. The zero-order valence-electron chi connectivity index (χ0n) is 15.7. The van der Waals surface area contributed by atoms with Gasteiger partial charge in [0.05, 0.1) is 25.0 Å². The van der Waals surface area contributed by atoms with Gasteiger partial charge in [0.2, 0.25) is 11.8 Å². The van der Waals surface area contributed by atoms with Crippen LogP contribution >= 0.6 is 0 Å². The summed E-state index contributed by atoms with van der Waals surface area (Å²) in [5.74, 6) is 0.00991. The first kappa shape index (κ1) is 18.9. The molecule has 2 amide bonds. The number of anilines is 1. The Kier molecular flexibility index (Phi) is 6.27. The van der Waals surface area contributed by atoms with E-state index in [-0.39, 0.29) is 23.7 Å². The fraction of sp³-hybridized carbons (Fsp3) is 0.600. The molecule has 0 bridgehead atoms. The van der Waals surface area contributed by atoms with Crippen LogP contribution in [0.4, 0.5) is 5.69 Å². The number of ether oxygens (including phenoxy) is 1. The number of benzene rings is 1. The highest BCUT2D eigenvalue weighted by atomic mass is 16.5. The van der Waals surface area contributed by atoms with Gasteiger partial charge in [0, 0.05) is 31.9 Å². The van der Waals surface area contributed by atoms with Crippen molar-refractivity contribution >= 4 is 17.5 Å². The maximum atomic E-state index is 12.3. The summed E-state index contributed by atoms with van der Waals surface area (Å²) in [6.45, 7) is 9.09. The van der Waals surface area contributed by atoms with Crippen molar-refractivity contribution in [3.05, 3.63) is 29.8 Å². The van der Waals surface area contributed by atoms with E-state index in [1.165, 1.54) is 5.56 Å². The van der Waals surface area contributed by atoms with E-state index < -0.39 is 0 Å². The molecule has 1 aliphatic carbocycles. The van der Waals surface area contributed by atoms with Gasteiger partial charge in [0.25, 0.3) is 0 Å². The van der Waals surface area contributed by atoms with E-state index in [1.54, 1.807) is 0 Å². The van der Waals surface area contributed by atoms with Crippen molar-refractivity contribution < 1.29 is 14.3 Å². The Morgan fingerprint density at radius 2 is 1.77 bits per heavy atom. The lowest BCUT2D eigenvalue weighted by molar-refractivity contribution is -0.125. The molecule has 3 rings (SSSR count). The first-order chi connectivity index (χ1) is 12.5. The van der Waals surface area contributed by atoms with E-state index >= 15 is 0 Å². The fourth-order valence-corrected chi connectivity index (χ4v) is 3.25. The van der Waals surface area contributed by atoms with Gasteiger partial charge in [-0.05, 0) is 30.0 Å². The normalized spacial score (nSPS) is 22.9. The first-order valence-corrected chi connectivity index (χ1v) is 9.53. The summed E-state index contributed by atoms with van der Waals surface area (Å²) in [4.78, 5) is 26.8. The Balaban J connectivity index is 1.38. The van der Waals surface area contributed by atoms with E-state index in [9.17, 15) is 9.59 Å². The number of nitrogens with zero attached hydrogens (tertiary/aromatic N) is 1. The summed E-state index contributed by atoms with van der Waals surface area (Å²) in [6.07, 6.45) is 0.638. The molecule has 2 unspecified atom stereocenters. The maximum Gasteiger partial charge on any atom is 0.228 e. The maximum absolute atomic E-state index is 12.3. The smallest absolute Gasteiger partial charge is 0.228 e. The van der Waals surface area contributed by atoms with Crippen LogP contribution in [0.15, 0.2) is 24.3 Å². The predicted octanol–water partition coefficient (Wildman–Crippen LogP) is 1.83. The molecule has 0 spiro atoms. The van der Waals surface area contributed by atoms with Crippen LogP contribution < -0.4 is 10.6 Å². The molecule has 2 N–H and O–H groups in total. The van der Waals surface area contributed by atoms with Gasteiger partial charge in [-0.1, -0.05) is 26.0 Å². The van der Waals surface area contributed by atoms with Crippen molar-refractivity contribution in [2.45, 2.75) is 26.2 Å². The van der Waals surface area contributed by atoms with Crippen molar-refractivity contribution in [1.29, 1.82) is 0 Å². The van der Waals surface area contributed by atoms with Gasteiger partial charge in [0.15, 0.2) is 0 Å². The van der Waals surface area contributed by atoms with Gasteiger partial charge in [-0.25, -0.2) is 0 Å². The molecule has 2 atom stereocenters. The Morgan fingerprint density at radius 3 is 2.42 bits per heavy atom. The van der Waals surface area contributed by atoms with Crippen LogP contribution in [0.5, 0.6) is 0 Å². The molecule has 1 aromatic carbocycles. The van der Waals surface area contributed by atoms with Gasteiger partial charge in [-0.2, -0.15) is 0 Å². The SMILES string of the molecule is CC(C)c1ccc(NC(=O)C2CC2C(=O)NCCN2CCOCC2)cc1. The lowest BCUT2D eigenvalue weighted by atomic mass is 10.0. The second-order valence-electron chi connectivity index (χ2n) is 7.46. The van der Waals surface area contributed by atoms with Crippen molar-refractivity contribution in [2.24, 2.45) is 11.8 Å². The first-order valence-electron chi connectivity index (χ1n) is 9.53. The quantitative estimate of drug-likeness (QED) is 0.779. The molecule has 2 aliphatic rings. The summed E-state index contributed by atoms with van der Waals surface area (Å²) >= 11 is 0. The molecule has 1 saturated heterocycles. The summed E-state index contributed by atoms with van der Waals surface area (Å²) < 4.78 is 5.31. The largest absolute Gasteiger partial charge is 0.379 e. The van der Waals surface area contributed by atoms with Gasteiger partial charge in [0.1, 0.15) is 0 Å². The number of hydrogen-bond donors (Lipinski definition) is 2. The molecule has 6 heteroatoms. The van der Waals surface area contributed by atoms with E-state index in [0.29, 0.717) is 18.9 Å². The lowest BCUT2D eigenvalue weighted by Gasteiger charge is -2.26. The Labute approximate surface area is 155 Å². The lowest BCUT2D eigenvalue weighted by Crippen LogP contribution is -2.41. The summed E-state index contributed by atoms with van der Waals surface area (Å²) in [5, 5.41) is 5.88. The average Bonchev–Trinajstić information content (AvgIpc) is 3.44. The van der Waals surface area contributed by atoms with Crippen LogP contribution in [-0.2, 0) is 14.3 Å². The van der Waals surface area contributed by atoms with E-state index in [0.717, 1.165) is 38.5 Å². The third kappa shape index (κ3) is 5.05. The molecular weight excluding hydrogens is 330 g/mol. The molecule has 6 nitrogen and oxygen atoms in total. The number of morpholine rings is 1. The molecule has 26 heavy (non-hydrogen) atoms. The van der Waals surface area contributed by atoms with E-state index in [1.807, 2.05) is 24.3 Å². The van der Waals surface area contributed by atoms with Gasteiger partial charge >= 0.3 is 0 Å². The second-order valence-corrected chi connectivity index (χ2v) is 7.46. The number of hydrogen-bond acceptors (Lipinski definition) is 4. The highest BCUT2D eigenvalue weighted by Crippen LogP contribution is 2.39. The topological polar surface area (TPSA) is 70.7 Å². The van der Waals surface area contributed by atoms with E-state index in [2.05, 4.69) is 29.4 Å². The zero-order chi connectivity index (χ0) is 18.5. The Morgan fingerprint density at radius 1 is 1.12 bits per heavy atom. The second kappa shape index (κ2) is 8.64. The van der Waals surface area contributed by atoms with Crippen molar-refractivity contribution in [3.8, 4) is 0 Å². The van der Waals surface area contributed by atoms with Crippen LogP contribution in [0.2, 0.25) is 0 Å². The minimum Gasteiger partial charge on any atom is -0.379 e. The van der Waals surface area contributed by atoms with Crippen LogP contribution in [0.3, 0.4) is 0 Å². The number of nitrogens with one attached hydrogen (secondary N) is 2. The van der Waals surface area contributed by atoms with Crippen LogP contribution in [0.1, 0.15) is 31.7 Å². The zero-order valence-corrected chi connectivity index (χ0v) is 15.7. The minimum absolute atomic E-state index is 0.00596. The molecule has 0 radical (unpaired) electrons. The van der Waals surface area contributed by atoms with Gasteiger partial charge in [-0.3, -0.25) is 14.5 Å². The number of rotatable bonds is 7. The van der Waals surface area contributed by atoms with Gasteiger partial charge in [-0.15, -0.1) is 0 Å². The fourth-order valence-electron chi connectivity index (χ4n) is 3.25. The number of carbonyl (C=O) groups excluding carboxylic acids is 2. The van der Waals surface area contributed by atoms with Crippen molar-refractivity contribution in [1.82, 2.24) is 10.2 Å². The molecule has 2 fully saturated rings. The summed E-state index contributed by atoms with van der Waals surface area (Å²) in [5.41, 5.74) is 2.03. The number of carbonyl (C=O) groups is 2. The third-order valence-corrected chi connectivity index (χ3v) is 5.14. The molecule has 0 aromatic heterocycles. The standard InChI is InChI=1S/C20H29N3O3/c1-14(2)15-3-5-16(6-4-15)22-20(25)18-13-17(18)19(24)21-7-8-23-9-11-26-12-10-23/h3-6,14,17-18H,7-13H2,1-2H3,(H,21,24)(H,22,25). The number of amides is 2. The van der Waals surface area contributed by atoms with E-state index in [4.69, 9.17) is 4.74 Å². The Hall–Kier alpha value is -1.92. The highest BCUT2D eigenvalue weighted by Gasteiger charge is 2.47. The third-order valence-electron chi connectivity index (χ3n) is 5.14. The van der Waals surface area contributed by atoms with Crippen LogP contribution in [0, 0.1) is 11.8 Å². The molecule has 142 valence electrons. The Bertz CT molecular complexity index is 624. The summed E-state index contributed by atoms with van der Waals surface area (Å²) in [6, 6.07) is 7.91. The molecule has 1 heterocycles. The van der Waals surface area contributed by atoms with Gasteiger partial charge < -0.3 is 15.4 Å². The molecule has 1 saturated carbocycles. The predicted molar refractivity (Wildman–Crippen MR) is 101 cm³/mol. The molecule has 1 aromatic rings. The van der Waals surface area contributed by atoms with Crippen molar-refractivity contribution in [3.63, 3.8) is 0 Å². The average molecular weight is 359 g/mol. The van der Waals surface area contributed by atoms with Crippen LogP contribution in [0.25, 0.3) is 0 Å².